The van der Waals surface area contributed by atoms with Gasteiger partial charge in [-0.05, 0) is 38.6 Å². The molecule has 0 fully saturated rings. The standard InChI is InChI=1S/C17H25NO2/c1-5-18(6-2)11-10-15(19)14-9-7-8-13-12-17(3,4)20-16(13)14/h7-9H,5-6,10-12H2,1-4H3. The van der Waals surface area contributed by atoms with Crippen molar-refractivity contribution in [3.05, 3.63) is 29.3 Å². The summed E-state index contributed by atoms with van der Waals surface area (Å²) in [5.74, 6) is 0.994. The van der Waals surface area contributed by atoms with Gasteiger partial charge in [0.15, 0.2) is 5.78 Å². The Kier molecular flexibility index (Phi) is 4.48. The number of para-hydroxylation sites is 1. The van der Waals surface area contributed by atoms with Crippen molar-refractivity contribution in [1.29, 1.82) is 0 Å². The molecule has 1 aromatic carbocycles. The summed E-state index contributed by atoms with van der Waals surface area (Å²) in [6, 6.07) is 5.92. The molecule has 3 heteroatoms. The molecule has 0 spiro atoms. The summed E-state index contributed by atoms with van der Waals surface area (Å²) in [6.07, 6.45) is 1.43. The normalized spacial score (nSPS) is 16.1. The van der Waals surface area contributed by atoms with Gasteiger partial charge in [-0.25, -0.2) is 0 Å². The molecule has 0 aromatic heterocycles. The second-order valence-corrected chi connectivity index (χ2v) is 6.03. The van der Waals surface area contributed by atoms with E-state index in [4.69, 9.17) is 4.74 Å². The number of ketones is 1. The molecule has 0 atom stereocenters. The Morgan fingerprint density at radius 2 is 2.00 bits per heavy atom. The van der Waals surface area contributed by atoms with Crippen LogP contribution in [0.5, 0.6) is 5.75 Å². The van der Waals surface area contributed by atoms with Gasteiger partial charge in [-0.15, -0.1) is 0 Å². The molecule has 3 nitrogen and oxygen atoms in total. The van der Waals surface area contributed by atoms with Crippen LogP contribution < -0.4 is 4.74 Å². The Labute approximate surface area is 121 Å². The van der Waals surface area contributed by atoms with E-state index < -0.39 is 0 Å². The third-order valence-electron chi connectivity index (χ3n) is 3.94. The lowest BCUT2D eigenvalue weighted by molar-refractivity contribution is 0.0952. The second-order valence-electron chi connectivity index (χ2n) is 6.03. The fraction of sp³-hybridized carbons (Fsp3) is 0.588. The summed E-state index contributed by atoms with van der Waals surface area (Å²) < 4.78 is 5.97. The number of hydrogen-bond donors (Lipinski definition) is 0. The van der Waals surface area contributed by atoms with E-state index in [1.807, 2.05) is 12.1 Å². The first-order valence-electron chi connectivity index (χ1n) is 7.53. The van der Waals surface area contributed by atoms with E-state index in [1.54, 1.807) is 0 Å². The number of fused-ring (bicyclic) bond motifs is 1. The van der Waals surface area contributed by atoms with Crippen LogP contribution in [0.15, 0.2) is 18.2 Å². The van der Waals surface area contributed by atoms with E-state index in [0.29, 0.717) is 6.42 Å². The van der Waals surface area contributed by atoms with Gasteiger partial charge in [-0.2, -0.15) is 0 Å². The van der Waals surface area contributed by atoms with Crippen LogP contribution in [0.2, 0.25) is 0 Å². The summed E-state index contributed by atoms with van der Waals surface area (Å²) in [5, 5.41) is 0. The first-order chi connectivity index (χ1) is 9.46. The highest BCUT2D eigenvalue weighted by atomic mass is 16.5. The molecule has 0 radical (unpaired) electrons. The minimum atomic E-state index is -0.197. The minimum Gasteiger partial charge on any atom is -0.486 e. The van der Waals surface area contributed by atoms with E-state index in [1.165, 1.54) is 0 Å². The summed E-state index contributed by atoms with van der Waals surface area (Å²) in [7, 11) is 0. The number of benzene rings is 1. The van der Waals surface area contributed by atoms with Crippen LogP contribution in [-0.2, 0) is 6.42 Å². The van der Waals surface area contributed by atoms with Gasteiger partial charge in [0, 0.05) is 19.4 Å². The molecule has 0 N–H and O–H groups in total. The maximum Gasteiger partial charge on any atom is 0.167 e. The van der Waals surface area contributed by atoms with Gasteiger partial charge < -0.3 is 9.64 Å². The average Bonchev–Trinajstić information content (AvgIpc) is 2.73. The van der Waals surface area contributed by atoms with Crippen LogP contribution in [0.1, 0.15) is 50.0 Å². The van der Waals surface area contributed by atoms with Crippen LogP contribution in [0.4, 0.5) is 0 Å². The number of Topliss-reactive ketones (excluding diaryl/α,β-unsaturated/α-hetero) is 1. The molecule has 2 rings (SSSR count). The summed E-state index contributed by atoms with van der Waals surface area (Å²) in [4.78, 5) is 14.7. The van der Waals surface area contributed by atoms with Crippen LogP contribution in [0.3, 0.4) is 0 Å². The van der Waals surface area contributed by atoms with E-state index in [2.05, 4.69) is 38.7 Å². The molecular weight excluding hydrogens is 250 g/mol. The molecule has 1 aromatic rings. The largest absolute Gasteiger partial charge is 0.486 e. The van der Waals surface area contributed by atoms with Crippen molar-refractivity contribution in [1.82, 2.24) is 4.90 Å². The molecule has 0 aliphatic carbocycles. The smallest absolute Gasteiger partial charge is 0.167 e. The highest BCUT2D eigenvalue weighted by Gasteiger charge is 2.32. The van der Waals surface area contributed by atoms with Crippen LogP contribution in [-0.4, -0.2) is 35.9 Å². The first kappa shape index (κ1) is 15.0. The zero-order valence-corrected chi connectivity index (χ0v) is 13.0. The van der Waals surface area contributed by atoms with E-state index in [-0.39, 0.29) is 11.4 Å². The molecule has 1 heterocycles. The Hall–Kier alpha value is -1.35. The van der Waals surface area contributed by atoms with Gasteiger partial charge in [0.25, 0.3) is 0 Å². The SMILES string of the molecule is CCN(CC)CCC(=O)c1cccc2c1OC(C)(C)C2. The molecule has 0 saturated carbocycles. The van der Waals surface area contributed by atoms with E-state index >= 15 is 0 Å². The number of hydrogen-bond acceptors (Lipinski definition) is 3. The van der Waals surface area contributed by atoms with Crippen molar-refractivity contribution in [2.75, 3.05) is 19.6 Å². The van der Waals surface area contributed by atoms with Gasteiger partial charge in [-0.3, -0.25) is 4.79 Å². The minimum absolute atomic E-state index is 0.187. The highest BCUT2D eigenvalue weighted by Crippen LogP contribution is 2.37. The lowest BCUT2D eigenvalue weighted by Gasteiger charge is -2.19. The van der Waals surface area contributed by atoms with Gasteiger partial charge in [0.2, 0.25) is 0 Å². The van der Waals surface area contributed by atoms with E-state index in [0.717, 1.165) is 42.9 Å². The number of carbonyl (C=O) groups excluding carboxylic acids is 1. The molecule has 1 aliphatic rings. The average molecular weight is 275 g/mol. The third kappa shape index (κ3) is 3.21. The number of carbonyl (C=O) groups is 1. The molecule has 1 aliphatic heterocycles. The molecule has 0 amide bonds. The van der Waals surface area contributed by atoms with Crippen LogP contribution in [0, 0.1) is 0 Å². The first-order valence-corrected chi connectivity index (χ1v) is 7.53. The molecule has 0 saturated heterocycles. The van der Waals surface area contributed by atoms with Gasteiger partial charge in [0.05, 0.1) is 5.56 Å². The van der Waals surface area contributed by atoms with E-state index in [9.17, 15) is 4.79 Å². The lowest BCUT2D eigenvalue weighted by atomic mass is 9.99. The summed E-state index contributed by atoms with van der Waals surface area (Å²) >= 11 is 0. The van der Waals surface area contributed by atoms with Crippen molar-refractivity contribution in [3.8, 4) is 5.75 Å². The Bertz CT molecular complexity index is 490. The molecule has 20 heavy (non-hydrogen) atoms. The number of ether oxygens (including phenoxy) is 1. The van der Waals surface area contributed by atoms with Crippen LogP contribution in [0.25, 0.3) is 0 Å². The third-order valence-corrected chi connectivity index (χ3v) is 3.94. The number of nitrogens with zero attached hydrogens (tertiary/aromatic N) is 1. The van der Waals surface area contributed by atoms with Crippen molar-refractivity contribution in [2.45, 2.75) is 46.1 Å². The van der Waals surface area contributed by atoms with Gasteiger partial charge >= 0.3 is 0 Å². The Balaban J connectivity index is 2.11. The number of rotatable bonds is 6. The maximum atomic E-state index is 12.4. The quantitative estimate of drug-likeness (QED) is 0.746. The molecule has 0 bridgehead atoms. The van der Waals surface area contributed by atoms with Crippen molar-refractivity contribution in [2.24, 2.45) is 0 Å². The van der Waals surface area contributed by atoms with Crippen molar-refractivity contribution < 1.29 is 9.53 Å². The predicted molar refractivity (Wildman–Crippen MR) is 81.6 cm³/mol. The van der Waals surface area contributed by atoms with Crippen molar-refractivity contribution >= 4 is 5.78 Å². The summed E-state index contributed by atoms with van der Waals surface area (Å²) in [6.45, 7) is 11.2. The van der Waals surface area contributed by atoms with Crippen molar-refractivity contribution in [3.63, 3.8) is 0 Å². The van der Waals surface area contributed by atoms with Crippen LogP contribution >= 0.6 is 0 Å². The lowest BCUT2D eigenvalue weighted by Crippen LogP contribution is -2.26. The zero-order valence-electron chi connectivity index (χ0n) is 13.0. The predicted octanol–water partition coefficient (Wildman–Crippen LogP) is 3.31. The fourth-order valence-electron chi connectivity index (χ4n) is 2.77. The molecule has 0 unspecified atom stereocenters. The van der Waals surface area contributed by atoms with Gasteiger partial charge in [0.1, 0.15) is 11.4 Å². The monoisotopic (exact) mass is 275 g/mol. The summed E-state index contributed by atoms with van der Waals surface area (Å²) in [5.41, 5.74) is 1.71. The Morgan fingerprint density at radius 3 is 2.65 bits per heavy atom. The fourth-order valence-corrected chi connectivity index (χ4v) is 2.77. The maximum absolute atomic E-state index is 12.4. The molecule has 110 valence electrons. The Morgan fingerprint density at radius 1 is 1.30 bits per heavy atom. The zero-order chi connectivity index (χ0) is 14.8. The second kappa shape index (κ2) is 5.96. The van der Waals surface area contributed by atoms with Gasteiger partial charge in [-0.1, -0.05) is 26.0 Å². The highest BCUT2D eigenvalue weighted by molar-refractivity contribution is 5.99. The molecular formula is C17H25NO2. The topological polar surface area (TPSA) is 29.5 Å².